The van der Waals surface area contributed by atoms with Crippen molar-refractivity contribution in [3.63, 3.8) is 0 Å². The first-order valence-corrected chi connectivity index (χ1v) is 11.7. The summed E-state index contributed by atoms with van der Waals surface area (Å²) >= 11 is 5.99. The smallest absolute Gasteiger partial charge is 0.280 e. The van der Waals surface area contributed by atoms with Gasteiger partial charge in [0.05, 0.1) is 12.3 Å². The Morgan fingerprint density at radius 1 is 1.21 bits per heavy atom. The topological polar surface area (TPSA) is 87.7 Å². The molecule has 0 amide bonds. The van der Waals surface area contributed by atoms with E-state index in [9.17, 15) is 4.79 Å². The van der Waals surface area contributed by atoms with Gasteiger partial charge in [0.25, 0.3) is 5.56 Å². The third-order valence-corrected chi connectivity index (χ3v) is 6.85. The van der Waals surface area contributed by atoms with Crippen molar-refractivity contribution in [1.82, 2.24) is 29.3 Å². The lowest BCUT2D eigenvalue weighted by atomic mass is 9.92. The minimum Gasteiger partial charge on any atom is -0.373 e. The molecule has 0 radical (unpaired) electrons. The Bertz CT molecular complexity index is 1480. The Morgan fingerprint density at radius 3 is 2.88 bits per heavy atom. The molecule has 1 saturated heterocycles. The highest BCUT2D eigenvalue weighted by Crippen LogP contribution is 2.38. The van der Waals surface area contributed by atoms with Gasteiger partial charge in [-0.3, -0.25) is 14.0 Å². The highest BCUT2D eigenvalue weighted by atomic mass is 35.5. The van der Waals surface area contributed by atoms with E-state index in [1.54, 1.807) is 27.6 Å². The molecule has 1 aromatic carbocycles. The van der Waals surface area contributed by atoms with Gasteiger partial charge in [0.15, 0.2) is 5.52 Å². The van der Waals surface area contributed by atoms with Gasteiger partial charge in [-0.2, -0.15) is 5.10 Å². The zero-order valence-corrected chi connectivity index (χ0v) is 19.3. The van der Waals surface area contributed by atoms with E-state index in [-0.39, 0.29) is 33.7 Å². The number of halogens is 2. The van der Waals surface area contributed by atoms with Crippen molar-refractivity contribution in [2.75, 3.05) is 6.61 Å². The van der Waals surface area contributed by atoms with Crippen molar-refractivity contribution in [1.29, 1.82) is 0 Å². The molecule has 0 N–H and O–H groups in total. The summed E-state index contributed by atoms with van der Waals surface area (Å²) in [6.07, 6.45) is 6.45. The molecule has 3 aromatic heterocycles. The lowest BCUT2D eigenvalue weighted by molar-refractivity contribution is 0.00398. The molecule has 5 heterocycles. The predicted octanol–water partition coefficient (Wildman–Crippen LogP) is 3.96. The molecule has 174 valence electrons. The summed E-state index contributed by atoms with van der Waals surface area (Å²) in [4.78, 5) is 27.6. The number of benzene rings is 1. The maximum absolute atomic E-state index is 15.0. The molecule has 0 aliphatic carbocycles. The summed E-state index contributed by atoms with van der Waals surface area (Å²) in [5.74, 6) is 0.620. The van der Waals surface area contributed by atoms with Crippen LogP contribution in [0.1, 0.15) is 48.5 Å². The number of ether oxygens (including phenoxy) is 1. The summed E-state index contributed by atoms with van der Waals surface area (Å²) in [5.41, 5.74) is 1.92. The lowest BCUT2D eigenvalue weighted by Crippen LogP contribution is -2.25. The van der Waals surface area contributed by atoms with Crippen LogP contribution in [0.25, 0.3) is 22.3 Å². The number of aryl methyl sites for hydroxylation is 2. The molecule has 2 atom stereocenters. The van der Waals surface area contributed by atoms with Crippen LogP contribution >= 0.6 is 11.6 Å². The van der Waals surface area contributed by atoms with Gasteiger partial charge in [0, 0.05) is 54.9 Å². The van der Waals surface area contributed by atoms with E-state index < -0.39 is 5.82 Å². The zero-order chi connectivity index (χ0) is 23.4. The first kappa shape index (κ1) is 21.4. The first-order chi connectivity index (χ1) is 16.5. The number of hydrogen-bond acceptors (Lipinski definition) is 6. The van der Waals surface area contributed by atoms with E-state index >= 15 is 4.39 Å². The minimum atomic E-state index is -0.513. The Hall–Kier alpha value is -3.17. The van der Waals surface area contributed by atoms with Gasteiger partial charge < -0.3 is 4.74 Å². The van der Waals surface area contributed by atoms with Gasteiger partial charge in [-0.1, -0.05) is 11.6 Å². The molecular weight excluding hydrogens is 459 g/mol. The molecule has 8 nitrogen and oxygen atoms in total. The fourth-order valence-electron chi connectivity index (χ4n) is 4.90. The lowest BCUT2D eigenvalue weighted by Gasteiger charge is -2.28. The molecule has 0 bridgehead atoms. The SMILES string of the molecule is Cn1cc([C@@H]2C[C@H](c3nc(-c4ccc(Cl)cc4F)c4nc5n(c(=O)c4n3)CCC5)CCO2)cn1. The normalized spacial score (nSPS) is 20.1. The standard InChI is InChI=1S/C24H22ClFN6O2/c1-31-12-14(11-27-31)18-9-13(6-8-34-18)23-29-20(16-5-4-15(25)10-17(16)26)21-22(30-23)24(33)32-7-2-3-19(32)28-21/h4-5,10-13,18H,2-3,6-9H2,1H3/t13-,18+/m1/s1. The fourth-order valence-corrected chi connectivity index (χ4v) is 5.06. The summed E-state index contributed by atoms with van der Waals surface area (Å²) in [7, 11) is 1.86. The average molecular weight is 481 g/mol. The monoisotopic (exact) mass is 480 g/mol. The van der Waals surface area contributed by atoms with Gasteiger partial charge in [0.1, 0.15) is 28.7 Å². The molecule has 2 aliphatic rings. The first-order valence-electron chi connectivity index (χ1n) is 11.3. The van der Waals surface area contributed by atoms with Crippen LogP contribution in [0.15, 0.2) is 35.4 Å². The number of aromatic nitrogens is 6. The molecule has 0 unspecified atom stereocenters. The second kappa shape index (κ2) is 8.25. The largest absolute Gasteiger partial charge is 0.373 e. The summed E-state index contributed by atoms with van der Waals surface area (Å²) in [6.45, 7) is 1.14. The van der Waals surface area contributed by atoms with Crippen LogP contribution < -0.4 is 5.56 Å². The van der Waals surface area contributed by atoms with Gasteiger partial charge >= 0.3 is 0 Å². The summed E-state index contributed by atoms with van der Waals surface area (Å²) in [5, 5.41) is 4.54. The van der Waals surface area contributed by atoms with E-state index in [0.29, 0.717) is 55.3 Å². The van der Waals surface area contributed by atoms with Crippen molar-refractivity contribution in [3.05, 3.63) is 69.0 Å². The predicted molar refractivity (Wildman–Crippen MR) is 124 cm³/mol. The minimum absolute atomic E-state index is 0.0601. The molecular formula is C24H22ClFN6O2. The molecule has 4 aromatic rings. The second-order valence-corrected chi connectivity index (χ2v) is 9.30. The van der Waals surface area contributed by atoms with Crippen molar-refractivity contribution < 1.29 is 9.13 Å². The highest BCUT2D eigenvalue weighted by molar-refractivity contribution is 6.30. The quantitative estimate of drug-likeness (QED) is 0.441. The van der Waals surface area contributed by atoms with Crippen molar-refractivity contribution >= 4 is 22.6 Å². The van der Waals surface area contributed by atoms with Crippen LogP contribution in [-0.4, -0.2) is 35.9 Å². The number of rotatable bonds is 3. The van der Waals surface area contributed by atoms with Gasteiger partial charge in [-0.05, 0) is 37.5 Å². The van der Waals surface area contributed by atoms with Gasteiger partial charge in [0.2, 0.25) is 0 Å². The van der Waals surface area contributed by atoms with Crippen LogP contribution in [-0.2, 0) is 24.8 Å². The maximum atomic E-state index is 15.0. The Balaban J connectivity index is 1.52. The zero-order valence-electron chi connectivity index (χ0n) is 18.5. The Labute approximate surface area is 199 Å². The molecule has 6 rings (SSSR count). The highest BCUT2D eigenvalue weighted by Gasteiger charge is 2.30. The van der Waals surface area contributed by atoms with Crippen molar-refractivity contribution in [2.45, 2.75) is 44.2 Å². The maximum Gasteiger partial charge on any atom is 0.280 e. The van der Waals surface area contributed by atoms with E-state index in [0.717, 1.165) is 12.0 Å². The second-order valence-electron chi connectivity index (χ2n) is 8.87. The van der Waals surface area contributed by atoms with E-state index in [2.05, 4.69) is 5.10 Å². The number of fused-ring (bicyclic) bond motifs is 2. The third kappa shape index (κ3) is 3.59. The van der Waals surface area contributed by atoms with Crippen LogP contribution in [0, 0.1) is 5.82 Å². The molecule has 34 heavy (non-hydrogen) atoms. The van der Waals surface area contributed by atoms with Crippen molar-refractivity contribution in [2.24, 2.45) is 7.05 Å². The van der Waals surface area contributed by atoms with Crippen LogP contribution in [0.5, 0.6) is 0 Å². The number of nitrogens with zero attached hydrogens (tertiary/aromatic N) is 6. The van der Waals surface area contributed by atoms with Crippen LogP contribution in [0.3, 0.4) is 0 Å². The molecule has 0 spiro atoms. The van der Waals surface area contributed by atoms with E-state index in [1.807, 2.05) is 13.2 Å². The van der Waals surface area contributed by atoms with Gasteiger partial charge in [-0.15, -0.1) is 0 Å². The summed E-state index contributed by atoms with van der Waals surface area (Å²) in [6, 6.07) is 4.44. The molecule has 2 aliphatic heterocycles. The number of hydrogen-bond donors (Lipinski definition) is 0. The van der Waals surface area contributed by atoms with Crippen molar-refractivity contribution in [3.8, 4) is 11.3 Å². The van der Waals surface area contributed by atoms with Gasteiger partial charge in [-0.25, -0.2) is 19.3 Å². The third-order valence-electron chi connectivity index (χ3n) is 6.62. The average Bonchev–Trinajstić information content (AvgIpc) is 3.48. The van der Waals surface area contributed by atoms with E-state index in [1.165, 1.54) is 6.07 Å². The molecule has 10 heteroatoms. The Kier molecular flexibility index (Phi) is 5.18. The van der Waals surface area contributed by atoms with Crippen LogP contribution in [0.2, 0.25) is 5.02 Å². The molecule has 0 saturated carbocycles. The molecule has 1 fully saturated rings. The summed E-state index contributed by atoms with van der Waals surface area (Å²) < 4.78 is 24.4. The fraction of sp³-hybridized carbons (Fsp3) is 0.375. The Morgan fingerprint density at radius 2 is 2.09 bits per heavy atom. The van der Waals surface area contributed by atoms with Crippen LogP contribution in [0.4, 0.5) is 4.39 Å². The van der Waals surface area contributed by atoms with E-state index in [4.69, 9.17) is 31.3 Å².